The lowest BCUT2D eigenvalue weighted by Gasteiger charge is -2.45. The summed E-state index contributed by atoms with van der Waals surface area (Å²) >= 11 is 0. The molecule has 2 bridgehead atoms. The predicted molar refractivity (Wildman–Crippen MR) is 92.4 cm³/mol. The Bertz CT molecular complexity index is 767. The smallest absolute Gasteiger partial charge is 0.410 e. The minimum Gasteiger partial charge on any atom is -0.445 e. The van der Waals surface area contributed by atoms with Gasteiger partial charge in [-0.25, -0.2) is 10.6 Å². The number of anilines is 1. The van der Waals surface area contributed by atoms with Gasteiger partial charge in [-0.3, -0.25) is 4.90 Å². The van der Waals surface area contributed by atoms with Crippen LogP contribution in [0.1, 0.15) is 42.1 Å². The van der Waals surface area contributed by atoms with E-state index in [-0.39, 0.29) is 24.8 Å². The van der Waals surface area contributed by atoms with Crippen molar-refractivity contribution in [2.45, 2.75) is 44.4 Å². The minimum absolute atomic E-state index is 0.0200. The standard InChI is InChI=1S/C18H21N5O2/c19-20-17-10-14-15(21-22-17)9-13-7-4-8-16(14)23(13)18(24)25-11-12-5-2-1-3-6-12/h1-3,5-6,10,13,16H,4,7-9,11,19H2,(H,20,22). The van der Waals surface area contributed by atoms with Crippen LogP contribution in [0.5, 0.6) is 0 Å². The lowest BCUT2D eigenvalue weighted by atomic mass is 9.83. The highest BCUT2D eigenvalue weighted by Crippen LogP contribution is 2.41. The third-order valence-corrected chi connectivity index (χ3v) is 5.00. The average molecular weight is 339 g/mol. The van der Waals surface area contributed by atoms with Crippen molar-refractivity contribution < 1.29 is 9.53 Å². The maximum atomic E-state index is 12.8. The van der Waals surface area contributed by atoms with E-state index in [1.807, 2.05) is 41.3 Å². The molecule has 3 heterocycles. The summed E-state index contributed by atoms with van der Waals surface area (Å²) in [5.41, 5.74) is 5.50. The molecule has 4 rings (SSSR count). The quantitative estimate of drug-likeness (QED) is 0.659. The van der Waals surface area contributed by atoms with Crippen LogP contribution in [0.2, 0.25) is 0 Å². The Hall–Kier alpha value is -2.67. The number of carbonyl (C=O) groups is 1. The summed E-state index contributed by atoms with van der Waals surface area (Å²) < 4.78 is 5.59. The van der Waals surface area contributed by atoms with Gasteiger partial charge >= 0.3 is 6.09 Å². The molecule has 0 radical (unpaired) electrons. The van der Waals surface area contributed by atoms with E-state index in [4.69, 9.17) is 10.6 Å². The second-order valence-electron chi connectivity index (χ2n) is 6.53. The van der Waals surface area contributed by atoms with Crippen LogP contribution in [-0.4, -0.2) is 27.2 Å². The van der Waals surface area contributed by atoms with Gasteiger partial charge in [-0.2, -0.15) is 5.10 Å². The number of aromatic nitrogens is 2. The summed E-state index contributed by atoms with van der Waals surface area (Å²) in [4.78, 5) is 14.7. The zero-order valence-corrected chi connectivity index (χ0v) is 13.9. The number of fused-ring (bicyclic) bond motifs is 4. The lowest BCUT2D eigenvalue weighted by Crippen LogP contribution is -2.50. The highest BCUT2D eigenvalue weighted by molar-refractivity contribution is 5.70. The number of piperidine rings is 1. The van der Waals surface area contributed by atoms with Gasteiger partial charge in [0, 0.05) is 18.0 Å². The molecule has 3 N–H and O–H groups in total. The van der Waals surface area contributed by atoms with Crippen molar-refractivity contribution >= 4 is 11.9 Å². The molecule has 2 atom stereocenters. The van der Waals surface area contributed by atoms with Crippen molar-refractivity contribution in [1.82, 2.24) is 15.1 Å². The molecule has 2 aliphatic rings. The highest BCUT2D eigenvalue weighted by Gasteiger charge is 2.41. The molecular weight excluding hydrogens is 318 g/mol. The van der Waals surface area contributed by atoms with Crippen molar-refractivity contribution in [3.05, 3.63) is 53.2 Å². The normalized spacial score (nSPS) is 21.4. The van der Waals surface area contributed by atoms with E-state index >= 15 is 0 Å². The van der Waals surface area contributed by atoms with Gasteiger partial charge in [0.2, 0.25) is 0 Å². The first-order valence-corrected chi connectivity index (χ1v) is 8.58. The molecule has 0 saturated carbocycles. The number of hydrazine groups is 1. The summed E-state index contributed by atoms with van der Waals surface area (Å²) in [5, 5.41) is 8.35. The van der Waals surface area contributed by atoms with E-state index in [9.17, 15) is 4.79 Å². The van der Waals surface area contributed by atoms with Crippen LogP contribution in [0.25, 0.3) is 0 Å². The molecule has 2 aliphatic heterocycles. The Labute approximate surface area is 146 Å². The number of nitrogens with one attached hydrogen (secondary N) is 1. The molecule has 1 aromatic carbocycles. The number of amides is 1. The first-order chi connectivity index (χ1) is 12.3. The van der Waals surface area contributed by atoms with Gasteiger partial charge in [0.05, 0.1) is 11.7 Å². The molecule has 0 aliphatic carbocycles. The molecule has 1 saturated heterocycles. The first-order valence-electron chi connectivity index (χ1n) is 8.58. The SMILES string of the molecule is NNc1cc2c(nn1)CC1CCCC2N1C(=O)OCc1ccccc1. The first kappa shape index (κ1) is 15.8. The molecule has 0 spiro atoms. The number of rotatable bonds is 3. The van der Waals surface area contributed by atoms with Crippen LogP contribution in [0.3, 0.4) is 0 Å². The van der Waals surface area contributed by atoms with Gasteiger partial charge in [-0.1, -0.05) is 30.3 Å². The van der Waals surface area contributed by atoms with Crippen molar-refractivity contribution in [3.8, 4) is 0 Å². The van der Waals surface area contributed by atoms with E-state index in [0.29, 0.717) is 12.2 Å². The van der Waals surface area contributed by atoms with Crippen LogP contribution in [-0.2, 0) is 17.8 Å². The van der Waals surface area contributed by atoms with E-state index in [1.165, 1.54) is 0 Å². The molecule has 1 fully saturated rings. The Morgan fingerprint density at radius 2 is 2.12 bits per heavy atom. The van der Waals surface area contributed by atoms with Crippen molar-refractivity contribution in [1.29, 1.82) is 0 Å². The van der Waals surface area contributed by atoms with Crippen molar-refractivity contribution in [3.63, 3.8) is 0 Å². The number of hydrogen-bond acceptors (Lipinski definition) is 6. The number of nitrogens with zero attached hydrogens (tertiary/aromatic N) is 3. The van der Waals surface area contributed by atoms with E-state index in [2.05, 4.69) is 15.6 Å². The summed E-state index contributed by atoms with van der Waals surface area (Å²) in [7, 11) is 0. The largest absolute Gasteiger partial charge is 0.445 e. The van der Waals surface area contributed by atoms with Crippen LogP contribution < -0.4 is 11.3 Å². The predicted octanol–water partition coefficient (Wildman–Crippen LogP) is 2.55. The second kappa shape index (κ2) is 6.68. The molecule has 2 unspecified atom stereocenters. The highest BCUT2D eigenvalue weighted by atomic mass is 16.6. The van der Waals surface area contributed by atoms with Crippen molar-refractivity contribution in [2.24, 2.45) is 5.84 Å². The zero-order valence-electron chi connectivity index (χ0n) is 13.9. The van der Waals surface area contributed by atoms with Crippen LogP contribution in [0.15, 0.2) is 36.4 Å². The van der Waals surface area contributed by atoms with Gasteiger partial charge in [0.15, 0.2) is 5.82 Å². The number of carbonyl (C=O) groups excluding carboxylic acids is 1. The number of nitrogens with two attached hydrogens (primary N) is 1. The molecule has 1 aromatic heterocycles. The Morgan fingerprint density at radius 3 is 2.92 bits per heavy atom. The number of nitrogen functional groups attached to an aromatic ring is 1. The third kappa shape index (κ3) is 3.02. The van der Waals surface area contributed by atoms with Gasteiger partial charge in [0.1, 0.15) is 6.61 Å². The maximum Gasteiger partial charge on any atom is 0.410 e. The monoisotopic (exact) mass is 339 g/mol. The zero-order chi connectivity index (χ0) is 17.2. The number of benzene rings is 1. The number of hydrogen-bond donors (Lipinski definition) is 2. The molecule has 130 valence electrons. The summed E-state index contributed by atoms with van der Waals surface area (Å²) in [6.07, 6.45) is 3.41. The summed E-state index contributed by atoms with van der Waals surface area (Å²) in [6.45, 7) is 0.284. The van der Waals surface area contributed by atoms with Crippen molar-refractivity contribution in [2.75, 3.05) is 5.43 Å². The van der Waals surface area contributed by atoms with E-state index in [1.54, 1.807) is 0 Å². The fraction of sp³-hybridized carbons (Fsp3) is 0.389. The van der Waals surface area contributed by atoms with E-state index in [0.717, 1.165) is 36.1 Å². The molecule has 1 amide bonds. The van der Waals surface area contributed by atoms with Gasteiger partial charge in [0.25, 0.3) is 0 Å². The summed E-state index contributed by atoms with van der Waals surface area (Å²) in [5.74, 6) is 5.97. The Kier molecular flexibility index (Phi) is 4.23. The Morgan fingerprint density at radius 1 is 1.28 bits per heavy atom. The van der Waals surface area contributed by atoms with E-state index < -0.39 is 0 Å². The van der Waals surface area contributed by atoms with Crippen LogP contribution in [0.4, 0.5) is 10.6 Å². The molecule has 7 nitrogen and oxygen atoms in total. The molecule has 7 heteroatoms. The minimum atomic E-state index is -0.261. The van der Waals surface area contributed by atoms with Crippen LogP contribution in [0, 0.1) is 0 Å². The third-order valence-electron chi connectivity index (χ3n) is 5.00. The topological polar surface area (TPSA) is 93.4 Å². The lowest BCUT2D eigenvalue weighted by molar-refractivity contribution is 0.0339. The fourth-order valence-electron chi connectivity index (χ4n) is 3.83. The maximum absolute atomic E-state index is 12.8. The average Bonchev–Trinajstić information content (AvgIpc) is 2.66. The second-order valence-corrected chi connectivity index (χ2v) is 6.53. The summed E-state index contributed by atoms with van der Waals surface area (Å²) in [6, 6.07) is 11.7. The van der Waals surface area contributed by atoms with Crippen LogP contribution >= 0.6 is 0 Å². The molecule has 2 aromatic rings. The van der Waals surface area contributed by atoms with Gasteiger partial charge in [-0.05, 0) is 30.9 Å². The molecular formula is C18H21N5O2. The number of ether oxygens (including phenoxy) is 1. The van der Waals surface area contributed by atoms with Gasteiger partial charge < -0.3 is 10.2 Å². The fourth-order valence-corrected chi connectivity index (χ4v) is 3.83. The van der Waals surface area contributed by atoms with Gasteiger partial charge in [-0.15, -0.1) is 5.10 Å². The Balaban J connectivity index is 1.55. The molecule has 25 heavy (non-hydrogen) atoms.